The first-order valence-corrected chi connectivity index (χ1v) is 13.7. The number of aryl methyl sites for hydroxylation is 1. The Balaban J connectivity index is 1.40. The monoisotopic (exact) mass is 515 g/mol. The number of nitrogens with zero attached hydrogens (tertiary/aromatic N) is 4. The topological polar surface area (TPSA) is 55.2 Å². The smallest absolute Gasteiger partial charge is 0.193 e. The third-order valence-electron chi connectivity index (χ3n) is 7.22. The summed E-state index contributed by atoms with van der Waals surface area (Å²) in [4.78, 5) is 11.5. The van der Waals surface area contributed by atoms with Crippen molar-refractivity contribution in [1.29, 1.82) is 0 Å². The molecule has 0 unspecified atom stereocenters. The minimum Gasteiger partial charge on any atom is -0.490 e. The second-order valence-electron chi connectivity index (χ2n) is 9.49. The second kappa shape index (κ2) is 9.67. The molecule has 2 fully saturated rings. The molecular weight excluding hydrogens is 486 g/mol. The zero-order valence-corrected chi connectivity index (χ0v) is 22.1. The SMILES string of the molecule is Cc1cc([C@@H]2[C@H](c3ccccn3)NC(=S)N2c2ccc(OC3CCCC3)cc2)c(C)n1-c1nccs1. The van der Waals surface area contributed by atoms with Crippen molar-refractivity contribution >= 4 is 34.4 Å². The number of thiocarbonyl (C=S) groups is 1. The Bertz CT molecular complexity index is 1340. The Morgan fingerprint density at radius 2 is 1.83 bits per heavy atom. The maximum Gasteiger partial charge on any atom is 0.193 e. The number of anilines is 1. The van der Waals surface area contributed by atoms with E-state index in [9.17, 15) is 0 Å². The standard InChI is InChI=1S/C28H29N5OS2/c1-18-17-23(19(2)32(18)28-30-15-16-36-28)26-25(24-9-5-6-14-29-24)31-27(35)33(26)20-10-12-22(13-11-20)34-21-7-3-4-8-21/h5-6,9-17,21,25-26H,3-4,7-8H2,1-2H3,(H,31,35)/t25-,26+/m0/s1. The Kier molecular flexibility index (Phi) is 6.23. The van der Waals surface area contributed by atoms with E-state index in [1.165, 1.54) is 18.4 Å². The third kappa shape index (κ3) is 4.18. The molecule has 4 heterocycles. The number of aromatic nitrogens is 3. The molecule has 0 spiro atoms. The Hall–Kier alpha value is -3.23. The van der Waals surface area contributed by atoms with Crippen LogP contribution in [0.5, 0.6) is 5.75 Å². The largest absolute Gasteiger partial charge is 0.490 e. The third-order valence-corrected chi connectivity index (χ3v) is 8.29. The number of nitrogens with one attached hydrogen (secondary N) is 1. The number of hydrogen-bond acceptors (Lipinski definition) is 5. The van der Waals surface area contributed by atoms with Gasteiger partial charge in [0, 0.05) is 34.8 Å². The van der Waals surface area contributed by atoms with E-state index >= 15 is 0 Å². The Morgan fingerprint density at radius 3 is 2.53 bits per heavy atom. The predicted octanol–water partition coefficient (Wildman–Crippen LogP) is 6.44. The van der Waals surface area contributed by atoms with E-state index in [0.29, 0.717) is 11.2 Å². The van der Waals surface area contributed by atoms with Gasteiger partial charge in [-0.05, 0) is 99.8 Å². The zero-order valence-electron chi connectivity index (χ0n) is 20.4. The number of hydrogen-bond donors (Lipinski definition) is 1. The van der Waals surface area contributed by atoms with E-state index < -0.39 is 0 Å². The molecule has 1 aliphatic heterocycles. The summed E-state index contributed by atoms with van der Waals surface area (Å²) in [6.45, 7) is 4.30. The molecular formula is C28H29N5OS2. The highest BCUT2D eigenvalue weighted by atomic mass is 32.1. The van der Waals surface area contributed by atoms with Crippen LogP contribution in [0.4, 0.5) is 5.69 Å². The molecule has 8 heteroatoms. The molecule has 1 saturated heterocycles. The van der Waals surface area contributed by atoms with Crippen LogP contribution in [-0.2, 0) is 0 Å². The lowest BCUT2D eigenvalue weighted by molar-refractivity contribution is 0.210. The van der Waals surface area contributed by atoms with Gasteiger partial charge < -0.3 is 15.0 Å². The highest BCUT2D eigenvalue weighted by Crippen LogP contribution is 2.44. The molecule has 184 valence electrons. The maximum atomic E-state index is 6.22. The van der Waals surface area contributed by atoms with E-state index in [-0.39, 0.29) is 12.1 Å². The maximum absolute atomic E-state index is 6.22. The van der Waals surface area contributed by atoms with Gasteiger partial charge in [-0.2, -0.15) is 0 Å². The van der Waals surface area contributed by atoms with Gasteiger partial charge in [0.1, 0.15) is 5.75 Å². The summed E-state index contributed by atoms with van der Waals surface area (Å²) in [6, 6.07) is 16.5. The molecule has 1 saturated carbocycles. The van der Waals surface area contributed by atoms with Crippen LogP contribution in [0.15, 0.2) is 66.3 Å². The first kappa shape index (κ1) is 23.2. The molecule has 0 bridgehead atoms. The number of thiazole rings is 1. The molecule has 6 nitrogen and oxygen atoms in total. The summed E-state index contributed by atoms with van der Waals surface area (Å²) in [6.07, 6.45) is 8.83. The quantitative estimate of drug-likeness (QED) is 0.298. The van der Waals surface area contributed by atoms with Crippen molar-refractivity contribution in [2.24, 2.45) is 0 Å². The molecule has 36 heavy (non-hydrogen) atoms. The highest BCUT2D eigenvalue weighted by molar-refractivity contribution is 7.80. The first-order valence-electron chi connectivity index (χ1n) is 12.5. The van der Waals surface area contributed by atoms with E-state index in [0.717, 1.165) is 46.5 Å². The van der Waals surface area contributed by atoms with Crippen molar-refractivity contribution in [3.63, 3.8) is 0 Å². The van der Waals surface area contributed by atoms with Gasteiger partial charge in [0.2, 0.25) is 0 Å². The summed E-state index contributed by atoms with van der Waals surface area (Å²) in [5.41, 5.74) is 5.51. The van der Waals surface area contributed by atoms with Crippen molar-refractivity contribution < 1.29 is 4.74 Å². The van der Waals surface area contributed by atoms with Crippen LogP contribution in [0, 0.1) is 13.8 Å². The summed E-state index contributed by atoms with van der Waals surface area (Å²) < 4.78 is 8.44. The van der Waals surface area contributed by atoms with Crippen LogP contribution in [0.2, 0.25) is 0 Å². The highest BCUT2D eigenvalue weighted by Gasteiger charge is 2.42. The van der Waals surface area contributed by atoms with Crippen LogP contribution in [-0.4, -0.2) is 25.8 Å². The fourth-order valence-corrected chi connectivity index (χ4v) is 6.64. The van der Waals surface area contributed by atoms with Crippen LogP contribution in [0.3, 0.4) is 0 Å². The second-order valence-corrected chi connectivity index (χ2v) is 10.8. The zero-order chi connectivity index (χ0) is 24.6. The molecule has 2 aliphatic rings. The predicted molar refractivity (Wildman–Crippen MR) is 148 cm³/mol. The van der Waals surface area contributed by atoms with Gasteiger partial charge in [0.05, 0.1) is 23.9 Å². The number of benzene rings is 1. The van der Waals surface area contributed by atoms with Crippen molar-refractivity contribution in [2.75, 3.05) is 4.90 Å². The van der Waals surface area contributed by atoms with Gasteiger partial charge >= 0.3 is 0 Å². The molecule has 6 rings (SSSR count). The average molecular weight is 516 g/mol. The number of pyridine rings is 1. The number of rotatable bonds is 6. The van der Waals surface area contributed by atoms with Crippen molar-refractivity contribution in [3.8, 4) is 10.9 Å². The molecule has 4 aromatic rings. The fraction of sp³-hybridized carbons (Fsp3) is 0.321. The van der Waals surface area contributed by atoms with Gasteiger partial charge in [-0.1, -0.05) is 6.07 Å². The van der Waals surface area contributed by atoms with Crippen LogP contribution < -0.4 is 15.0 Å². The normalized spacial score (nSPS) is 20.2. The van der Waals surface area contributed by atoms with Gasteiger partial charge in [-0.3, -0.25) is 9.55 Å². The van der Waals surface area contributed by atoms with Gasteiger partial charge in [0.15, 0.2) is 10.2 Å². The van der Waals surface area contributed by atoms with Gasteiger partial charge in [-0.25, -0.2) is 4.98 Å². The summed E-state index contributed by atoms with van der Waals surface area (Å²) >= 11 is 7.57. The molecule has 1 aliphatic carbocycles. The van der Waals surface area contributed by atoms with Gasteiger partial charge in [-0.15, -0.1) is 11.3 Å². The minimum atomic E-state index is -0.0849. The van der Waals surface area contributed by atoms with E-state index in [2.05, 4.69) is 70.0 Å². The molecule has 0 amide bonds. The molecule has 1 aromatic carbocycles. The van der Waals surface area contributed by atoms with E-state index in [1.807, 2.05) is 29.9 Å². The fourth-order valence-electron chi connectivity index (χ4n) is 5.54. The Morgan fingerprint density at radius 1 is 1.03 bits per heavy atom. The van der Waals surface area contributed by atoms with Crippen LogP contribution >= 0.6 is 23.6 Å². The lowest BCUT2D eigenvalue weighted by Crippen LogP contribution is -2.29. The first-order chi connectivity index (χ1) is 17.6. The summed E-state index contributed by atoms with van der Waals surface area (Å²) in [5, 5.41) is 7.25. The van der Waals surface area contributed by atoms with Crippen LogP contribution in [0.1, 0.15) is 60.4 Å². The van der Waals surface area contributed by atoms with Crippen molar-refractivity contribution in [3.05, 3.63) is 88.9 Å². The Labute approximate surface area is 221 Å². The summed E-state index contributed by atoms with van der Waals surface area (Å²) in [7, 11) is 0. The summed E-state index contributed by atoms with van der Waals surface area (Å²) in [5.74, 6) is 0.920. The van der Waals surface area contributed by atoms with E-state index in [4.69, 9.17) is 21.9 Å². The van der Waals surface area contributed by atoms with Crippen molar-refractivity contribution in [2.45, 2.75) is 57.7 Å². The lowest BCUT2D eigenvalue weighted by Gasteiger charge is -2.28. The number of ether oxygens (including phenoxy) is 1. The average Bonchev–Trinajstić information content (AvgIpc) is 3.69. The molecule has 1 N–H and O–H groups in total. The van der Waals surface area contributed by atoms with E-state index in [1.54, 1.807) is 11.3 Å². The van der Waals surface area contributed by atoms with Crippen molar-refractivity contribution in [1.82, 2.24) is 19.9 Å². The van der Waals surface area contributed by atoms with Gasteiger partial charge in [0.25, 0.3) is 0 Å². The lowest BCUT2D eigenvalue weighted by atomic mass is 9.96. The molecule has 3 aromatic heterocycles. The molecule has 0 radical (unpaired) electrons. The molecule has 2 atom stereocenters. The van der Waals surface area contributed by atoms with Crippen LogP contribution in [0.25, 0.3) is 5.13 Å². The minimum absolute atomic E-state index is 0.0612.